The van der Waals surface area contributed by atoms with Crippen LogP contribution in [0.15, 0.2) is 42.0 Å². The Morgan fingerprint density at radius 1 is 1.00 bits per heavy atom. The number of ketones is 2. The van der Waals surface area contributed by atoms with E-state index < -0.39 is 52.2 Å². The van der Waals surface area contributed by atoms with E-state index >= 15 is 0 Å². The quantitative estimate of drug-likeness (QED) is 0.256. The van der Waals surface area contributed by atoms with E-state index in [2.05, 4.69) is 32.6 Å². The molecule has 13 atom stereocenters. The SMILES string of the molecule is CO[C@@](C(=O)O[C@H]1C=C(C)C[C@@H]2[C@@H]1CC(=O)[C@H]1[C@@]2(C)C[C@H]2N3C[C@H]4C[C@H](C)C[C@@]3(O4)[C@@H]3C[C@@]2(C)[C@@]1(C)CC3=O)(c1ccccc1)C(F)(F)F. The Bertz CT molecular complexity index is 1630. The number of nitrogens with zero attached hydrogens (tertiary/aromatic N) is 1. The number of alkyl halides is 3. The van der Waals surface area contributed by atoms with Crippen LogP contribution in [-0.2, 0) is 34.2 Å². The van der Waals surface area contributed by atoms with Crippen molar-refractivity contribution in [3.8, 4) is 0 Å². The first-order valence-corrected chi connectivity index (χ1v) is 18.0. The number of carbonyl (C=O) groups is 3. The first-order valence-electron chi connectivity index (χ1n) is 18.0. The second kappa shape index (κ2) is 10.5. The van der Waals surface area contributed by atoms with Gasteiger partial charge in [-0.15, -0.1) is 0 Å². The van der Waals surface area contributed by atoms with Crippen molar-refractivity contribution in [2.45, 2.75) is 115 Å². The van der Waals surface area contributed by atoms with Crippen molar-refractivity contribution in [1.82, 2.24) is 4.90 Å². The highest BCUT2D eigenvalue weighted by Crippen LogP contribution is 2.75. The number of allylic oxidation sites excluding steroid dienone is 1. The van der Waals surface area contributed by atoms with E-state index in [-0.39, 0.29) is 52.9 Å². The number of halogens is 3. The van der Waals surface area contributed by atoms with Gasteiger partial charge in [0.25, 0.3) is 5.60 Å². The summed E-state index contributed by atoms with van der Waals surface area (Å²) in [6, 6.07) is 6.91. The molecule has 0 radical (unpaired) electrons. The Kier molecular flexibility index (Phi) is 7.20. The summed E-state index contributed by atoms with van der Waals surface area (Å²) in [4.78, 5) is 45.4. The number of Topliss-reactive ketones (excluding diaryl/α,β-unsaturated/α-hetero) is 2. The standard InChI is InChI=1S/C39H48F3NO6/c1-21-13-26-25(30(14-21)48-33(46)38(47-6,39(40,41)42)23-10-8-7-9-11-23)15-28(44)32-34(26,3)19-31-35(4)17-27(29(45)18-36(32,35)5)37-16-22(2)12-24(49-37)20-43(31)37/h7-11,14,22,24-27,30-32H,12-13,15-20H2,1-6H3/t22-,24+,25-,26+,27+,30-,31+,32-,34-,35+,36-,37+,38+/m0/s1. The van der Waals surface area contributed by atoms with Crippen molar-refractivity contribution >= 4 is 17.5 Å². The van der Waals surface area contributed by atoms with E-state index in [9.17, 15) is 27.6 Å². The fourth-order valence-electron chi connectivity index (χ4n) is 13.0. The Morgan fingerprint density at radius 2 is 1.71 bits per heavy atom. The summed E-state index contributed by atoms with van der Waals surface area (Å²) in [5.41, 5.74) is -4.88. The zero-order chi connectivity index (χ0) is 35.1. The average molecular weight is 684 g/mol. The Morgan fingerprint density at radius 3 is 2.39 bits per heavy atom. The van der Waals surface area contributed by atoms with Crippen molar-refractivity contribution in [1.29, 1.82) is 0 Å². The van der Waals surface area contributed by atoms with E-state index in [1.54, 1.807) is 12.1 Å². The summed E-state index contributed by atoms with van der Waals surface area (Å²) < 4.78 is 62.4. The van der Waals surface area contributed by atoms with Gasteiger partial charge in [0.15, 0.2) is 0 Å². The molecule has 6 fully saturated rings. The van der Waals surface area contributed by atoms with Crippen LogP contribution in [0.4, 0.5) is 13.2 Å². The molecule has 4 bridgehead atoms. The van der Waals surface area contributed by atoms with Crippen LogP contribution < -0.4 is 0 Å². The molecule has 3 saturated heterocycles. The molecular weight excluding hydrogens is 635 g/mol. The fraction of sp³-hybridized carbons (Fsp3) is 0.718. The van der Waals surface area contributed by atoms with Gasteiger partial charge in [-0.3, -0.25) is 14.5 Å². The number of methoxy groups -OCH3 is 1. The summed E-state index contributed by atoms with van der Waals surface area (Å²) >= 11 is 0. The van der Waals surface area contributed by atoms with Gasteiger partial charge in [0.05, 0.1) is 12.0 Å². The van der Waals surface area contributed by atoms with Crippen molar-refractivity contribution in [2.75, 3.05) is 13.7 Å². The smallest absolute Gasteiger partial charge is 0.432 e. The number of rotatable bonds is 4. The Balaban J connectivity index is 1.19. The zero-order valence-electron chi connectivity index (χ0n) is 29.3. The lowest BCUT2D eigenvalue weighted by Gasteiger charge is -2.74. The Labute approximate surface area is 286 Å². The number of hydrogen-bond donors (Lipinski definition) is 0. The first-order chi connectivity index (χ1) is 22.9. The monoisotopic (exact) mass is 683 g/mol. The van der Waals surface area contributed by atoms with Crippen molar-refractivity contribution in [2.24, 2.45) is 45.8 Å². The van der Waals surface area contributed by atoms with Gasteiger partial charge in [0.1, 0.15) is 23.4 Å². The number of hydrogen-bond acceptors (Lipinski definition) is 7. The lowest BCUT2D eigenvalue weighted by Crippen LogP contribution is -2.78. The van der Waals surface area contributed by atoms with Gasteiger partial charge in [0.2, 0.25) is 0 Å². The van der Waals surface area contributed by atoms with E-state index in [1.165, 1.54) is 24.3 Å². The molecule has 49 heavy (non-hydrogen) atoms. The number of ether oxygens (including phenoxy) is 3. The summed E-state index contributed by atoms with van der Waals surface area (Å²) in [5.74, 6) is -2.16. The van der Waals surface area contributed by atoms with Crippen LogP contribution in [-0.4, -0.2) is 66.2 Å². The highest BCUT2D eigenvalue weighted by Gasteiger charge is 2.78. The molecule has 4 aliphatic carbocycles. The maximum absolute atomic E-state index is 14.9. The molecule has 3 saturated carbocycles. The van der Waals surface area contributed by atoms with Crippen LogP contribution in [0, 0.1) is 45.8 Å². The molecule has 1 spiro atoms. The van der Waals surface area contributed by atoms with Crippen molar-refractivity contribution in [3.05, 3.63) is 47.5 Å². The summed E-state index contributed by atoms with van der Waals surface area (Å²) in [6.07, 6.45) is -0.116. The normalized spacial score (nSPS) is 46.9. The number of carbonyl (C=O) groups excluding carboxylic acids is 3. The second-order valence-electron chi connectivity index (χ2n) is 17.5. The van der Waals surface area contributed by atoms with E-state index in [0.717, 1.165) is 32.1 Å². The first kappa shape index (κ1) is 33.6. The third kappa shape index (κ3) is 4.17. The topological polar surface area (TPSA) is 82.1 Å². The highest BCUT2D eigenvalue weighted by molar-refractivity contribution is 5.89. The molecule has 7 aliphatic rings. The van der Waals surface area contributed by atoms with Crippen LogP contribution in [0.1, 0.15) is 85.1 Å². The molecule has 1 aromatic rings. The second-order valence-corrected chi connectivity index (χ2v) is 17.5. The van der Waals surface area contributed by atoms with Gasteiger partial charge in [-0.2, -0.15) is 13.2 Å². The number of benzene rings is 1. The molecule has 7 nitrogen and oxygen atoms in total. The lowest BCUT2D eigenvalue weighted by atomic mass is 9.33. The maximum Gasteiger partial charge on any atom is 0.432 e. The van der Waals surface area contributed by atoms with Crippen LogP contribution in [0.25, 0.3) is 0 Å². The van der Waals surface area contributed by atoms with Gasteiger partial charge in [0, 0.05) is 49.9 Å². The molecule has 0 amide bonds. The van der Waals surface area contributed by atoms with Gasteiger partial charge < -0.3 is 14.2 Å². The van der Waals surface area contributed by atoms with Crippen LogP contribution >= 0.6 is 0 Å². The lowest BCUT2D eigenvalue weighted by molar-refractivity contribution is -0.293. The van der Waals surface area contributed by atoms with Crippen LogP contribution in [0.5, 0.6) is 0 Å². The van der Waals surface area contributed by atoms with Crippen LogP contribution in [0.3, 0.4) is 0 Å². The molecule has 3 aliphatic heterocycles. The van der Waals surface area contributed by atoms with Crippen LogP contribution in [0.2, 0.25) is 0 Å². The molecule has 0 aromatic heterocycles. The summed E-state index contributed by atoms with van der Waals surface area (Å²) in [5, 5.41) is 0. The predicted octanol–water partition coefficient (Wildman–Crippen LogP) is 6.78. The third-order valence-corrected chi connectivity index (χ3v) is 15.0. The third-order valence-electron chi connectivity index (χ3n) is 15.0. The molecule has 1 aromatic carbocycles. The molecular formula is C39H48F3NO6. The van der Waals surface area contributed by atoms with E-state index in [4.69, 9.17) is 14.2 Å². The highest BCUT2D eigenvalue weighted by atomic mass is 19.4. The van der Waals surface area contributed by atoms with Gasteiger partial charge >= 0.3 is 12.1 Å². The van der Waals surface area contributed by atoms with Gasteiger partial charge in [-0.05, 0) is 73.2 Å². The average Bonchev–Trinajstić information content (AvgIpc) is 3.29. The maximum atomic E-state index is 14.9. The summed E-state index contributed by atoms with van der Waals surface area (Å²) in [7, 11) is 0.868. The van der Waals surface area contributed by atoms with Gasteiger partial charge in [-0.1, -0.05) is 63.6 Å². The molecule has 0 N–H and O–H groups in total. The number of piperidine rings is 1. The Hall–Kier alpha value is -2.56. The molecule has 10 heteroatoms. The molecule has 3 heterocycles. The molecule has 8 rings (SSSR count). The zero-order valence-corrected chi connectivity index (χ0v) is 29.3. The minimum absolute atomic E-state index is 0.0217. The molecule has 0 unspecified atom stereocenters. The predicted molar refractivity (Wildman–Crippen MR) is 173 cm³/mol. The molecule has 266 valence electrons. The largest absolute Gasteiger partial charge is 0.455 e. The summed E-state index contributed by atoms with van der Waals surface area (Å²) in [6.45, 7) is 11.6. The van der Waals surface area contributed by atoms with E-state index in [0.29, 0.717) is 31.6 Å². The minimum Gasteiger partial charge on any atom is -0.455 e. The van der Waals surface area contributed by atoms with Gasteiger partial charge in [-0.25, -0.2) is 4.79 Å². The number of fused-ring (bicyclic) bond motifs is 7. The fourth-order valence-corrected chi connectivity index (χ4v) is 13.0. The van der Waals surface area contributed by atoms with Crippen molar-refractivity contribution < 1.29 is 41.8 Å². The number of esters is 1. The van der Waals surface area contributed by atoms with E-state index in [1.807, 2.05) is 6.92 Å². The minimum atomic E-state index is -5.11. The van der Waals surface area contributed by atoms with Crippen molar-refractivity contribution in [3.63, 3.8) is 0 Å².